The second-order valence-electron chi connectivity index (χ2n) is 4.92. The van der Waals surface area contributed by atoms with Crippen LogP contribution in [0.4, 0.5) is 5.69 Å². The normalized spacial score (nSPS) is 10.4. The van der Waals surface area contributed by atoms with Crippen molar-refractivity contribution in [1.29, 1.82) is 5.26 Å². The van der Waals surface area contributed by atoms with Crippen molar-refractivity contribution in [3.8, 4) is 6.07 Å². The zero-order valence-corrected chi connectivity index (χ0v) is 12.1. The maximum atomic E-state index is 12.1. The Morgan fingerprint density at radius 3 is 2.70 bits per heavy atom. The number of fused-ring (bicyclic) bond motifs is 1. The van der Waals surface area contributed by atoms with Crippen molar-refractivity contribution in [3.05, 3.63) is 64.7 Å². The van der Waals surface area contributed by atoms with E-state index in [0.717, 1.165) is 0 Å². The van der Waals surface area contributed by atoms with Crippen LogP contribution in [0.25, 0.3) is 5.65 Å². The summed E-state index contributed by atoms with van der Waals surface area (Å²) in [7, 11) is 0. The Morgan fingerprint density at radius 1 is 1.22 bits per heavy atom. The minimum absolute atomic E-state index is 0.129. The van der Waals surface area contributed by atoms with Gasteiger partial charge in [0.1, 0.15) is 0 Å². The molecule has 1 amide bonds. The molecule has 2 heterocycles. The molecule has 1 aromatic carbocycles. The molecule has 114 valence electrons. The monoisotopic (exact) mass is 307 g/mol. The molecule has 0 bridgehead atoms. The molecule has 7 heteroatoms. The number of aromatic nitrogens is 3. The fourth-order valence-corrected chi connectivity index (χ4v) is 2.17. The van der Waals surface area contributed by atoms with Gasteiger partial charge in [0, 0.05) is 18.3 Å². The van der Waals surface area contributed by atoms with E-state index in [1.807, 2.05) is 6.07 Å². The average Bonchev–Trinajstić information content (AvgIpc) is 2.90. The molecule has 0 saturated carbocycles. The van der Waals surface area contributed by atoms with Gasteiger partial charge >= 0.3 is 5.69 Å². The van der Waals surface area contributed by atoms with E-state index in [1.54, 1.807) is 48.7 Å². The zero-order chi connectivity index (χ0) is 16.2. The minimum Gasteiger partial charge on any atom is -0.326 e. The number of aryl methyl sites for hydroxylation is 1. The molecule has 0 unspecified atom stereocenters. The average molecular weight is 307 g/mol. The van der Waals surface area contributed by atoms with E-state index in [4.69, 9.17) is 5.26 Å². The Hall–Kier alpha value is -3.40. The van der Waals surface area contributed by atoms with Crippen LogP contribution in [-0.4, -0.2) is 20.1 Å². The highest BCUT2D eigenvalue weighted by molar-refractivity contribution is 5.90. The van der Waals surface area contributed by atoms with Gasteiger partial charge in [0.2, 0.25) is 5.91 Å². The lowest BCUT2D eigenvalue weighted by atomic mass is 10.2. The fourth-order valence-electron chi connectivity index (χ4n) is 2.17. The van der Waals surface area contributed by atoms with Crippen LogP contribution in [0.5, 0.6) is 0 Å². The maximum absolute atomic E-state index is 12.1. The molecule has 1 N–H and O–H groups in total. The van der Waals surface area contributed by atoms with Crippen molar-refractivity contribution in [2.24, 2.45) is 0 Å². The quantitative estimate of drug-likeness (QED) is 0.788. The SMILES string of the molecule is N#Cc1ccc(NC(=O)CCn2nc3ccccn3c2=O)cc1. The van der Waals surface area contributed by atoms with Crippen LogP contribution in [0.15, 0.2) is 53.5 Å². The highest BCUT2D eigenvalue weighted by atomic mass is 16.2. The maximum Gasteiger partial charge on any atom is 0.350 e. The van der Waals surface area contributed by atoms with Crippen LogP contribution in [-0.2, 0) is 11.3 Å². The Bertz CT molecular complexity index is 947. The first kappa shape index (κ1) is 14.5. The summed E-state index contributed by atoms with van der Waals surface area (Å²) >= 11 is 0. The van der Waals surface area contributed by atoms with Crippen molar-refractivity contribution in [2.75, 3.05) is 5.32 Å². The number of anilines is 1. The van der Waals surface area contributed by atoms with Crippen molar-refractivity contribution < 1.29 is 4.79 Å². The van der Waals surface area contributed by atoms with E-state index >= 15 is 0 Å². The molecule has 0 aliphatic carbocycles. The highest BCUT2D eigenvalue weighted by Gasteiger charge is 2.08. The lowest BCUT2D eigenvalue weighted by Crippen LogP contribution is -2.24. The summed E-state index contributed by atoms with van der Waals surface area (Å²) in [5, 5.41) is 15.6. The van der Waals surface area contributed by atoms with E-state index < -0.39 is 0 Å². The summed E-state index contributed by atoms with van der Waals surface area (Å²) in [5.41, 5.74) is 1.41. The molecule has 7 nitrogen and oxygen atoms in total. The van der Waals surface area contributed by atoms with Crippen molar-refractivity contribution in [2.45, 2.75) is 13.0 Å². The second-order valence-corrected chi connectivity index (χ2v) is 4.92. The standard InChI is InChI=1S/C16H13N5O2/c17-11-12-4-6-13(7-5-12)18-15(22)8-10-21-16(23)20-9-2-1-3-14(20)19-21/h1-7,9H,8,10H2,(H,18,22). The number of benzene rings is 1. The largest absolute Gasteiger partial charge is 0.350 e. The number of carbonyl (C=O) groups excluding carboxylic acids is 1. The van der Waals surface area contributed by atoms with Gasteiger partial charge in [-0.2, -0.15) is 5.26 Å². The summed E-state index contributed by atoms with van der Waals surface area (Å²) in [5.74, 6) is -0.223. The van der Waals surface area contributed by atoms with Crippen LogP contribution in [0.1, 0.15) is 12.0 Å². The Kier molecular flexibility index (Phi) is 3.89. The number of nitriles is 1. The smallest absolute Gasteiger partial charge is 0.326 e. The van der Waals surface area contributed by atoms with Crippen LogP contribution in [0.3, 0.4) is 0 Å². The van der Waals surface area contributed by atoms with Crippen LogP contribution in [0, 0.1) is 11.3 Å². The molecular weight excluding hydrogens is 294 g/mol. The van der Waals surface area contributed by atoms with Crippen LogP contribution < -0.4 is 11.0 Å². The lowest BCUT2D eigenvalue weighted by molar-refractivity contribution is -0.116. The lowest BCUT2D eigenvalue weighted by Gasteiger charge is -2.04. The predicted molar refractivity (Wildman–Crippen MR) is 83.9 cm³/mol. The summed E-state index contributed by atoms with van der Waals surface area (Å²) in [6.45, 7) is 0.197. The number of hydrogen-bond acceptors (Lipinski definition) is 4. The molecule has 0 saturated heterocycles. The highest BCUT2D eigenvalue weighted by Crippen LogP contribution is 2.09. The summed E-state index contributed by atoms with van der Waals surface area (Å²) < 4.78 is 2.70. The van der Waals surface area contributed by atoms with E-state index in [-0.39, 0.29) is 24.6 Å². The van der Waals surface area contributed by atoms with E-state index in [2.05, 4.69) is 10.4 Å². The molecule has 0 atom stereocenters. The van der Waals surface area contributed by atoms with Gasteiger partial charge < -0.3 is 5.32 Å². The number of amides is 1. The number of pyridine rings is 1. The molecule has 0 aliphatic heterocycles. The zero-order valence-electron chi connectivity index (χ0n) is 12.1. The summed E-state index contributed by atoms with van der Waals surface area (Å²) in [4.78, 5) is 24.0. The Morgan fingerprint density at radius 2 is 2.00 bits per heavy atom. The van der Waals surface area contributed by atoms with Gasteiger partial charge in [-0.1, -0.05) is 6.07 Å². The first-order valence-electron chi connectivity index (χ1n) is 7.01. The van der Waals surface area contributed by atoms with Crippen molar-refractivity contribution >= 4 is 17.2 Å². The van der Waals surface area contributed by atoms with Gasteiger partial charge in [-0.25, -0.2) is 9.48 Å². The van der Waals surface area contributed by atoms with Gasteiger partial charge in [0.05, 0.1) is 18.2 Å². The van der Waals surface area contributed by atoms with Gasteiger partial charge in [-0.05, 0) is 36.4 Å². The van der Waals surface area contributed by atoms with Crippen LogP contribution in [0.2, 0.25) is 0 Å². The third-order valence-electron chi connectivity index (χ3n) is 3.34. The third kappa shape index (κ3) is 3.11. The van der Waals surface area contributed by atoms with E-state index in [0.29, 0.717) is 16.9 Å². The van der Waals surface area contributed by atoms with Gasteiger partial charge in [-0.15, -0.1) is 5.10 Å². The number of carbonyl (C=O) groups is 1. The molecule has 3 rings (SSSR count). The van der Waals surface area contributed by atoms with Gasteiger partial charge in [0.15, 0.2) is 5.65 Å². The molecule has 0 spiro atoms. The Balaban J connectivity index is 1.65. The number of nitrogens with one attached hydrogen (secondary N) is 1. The number of nitrogens with zero attached hydrogens (tertiary/aromatic N) is 4. The van der Waals surface area contributed by atoms with Crippen LogP contribution >= 0.6 is 0 Å². The topological polar surface area (TPSA) is 92.2 Å². The molecule has 0 aliphatic rings. The van der Waals surface area contributed by atoms with Crippen molar-refractivity contribution in [3.63, 3.8) is 0 Å². The first-order chi connectivity index (χ1) is 11.2. The second kappa shape index (κ2) is 6.15. The molecule has 3 aromatic rings. The Labute approximate surface area is 131 Å². The third-order valence-corrected chi connectivity index (χ3v) is 3.34. The number of hydrogen-bond donors (Lipinski definition) is 1. The van der Waals surface area contributed by atoms with Crippen molar-refractivity contribution in [1.82, 2.24) is 14.2 Å². The molecule has 23 heavy (non-hydrogen) atoms. The molecular formula is C16H13N5O2. The molecule has 2 aromatic heterocycles. The molecule has 0 radical (unpaired) electrons. The molecule has 0 fully saturated rings. The van der Waals surface area contributed by atoms with E-state index in [9.17, 15) is 9.59 Å². The van der Waals surface area contributed by atoms with E-state index in [1.165, 1.54) is 9.08 Å². The minimum atomic E-state index is -0.272. The fraction of sp³-hybridized carbons (Fsp3) is 0.125. The number of rotatable bonds is 4. The summed E-state index contributed by atoms with van der Waals surface area (Å²) in [6.07, 6.45) is 1.77. The van der Waals surface area contributed by atoms with Gasteiger partial charge in [-0.3, -0.25) is 9.20 Å². The van der Waals surface area contributed by atoms with Gasteiger partial charge in [0.25, 0.3) is 0 Å². The first-order valence-corrected chi connectivity index (χ1v) is 7.01. The summed E-state index contributed by atoms with van der Waals surface area (Å²) in [6, 6.07) is 13.9. The predicted octanol–water partition coefficient (Wildman–Crippen LogP) is 1.40.